The van der Waals surface area contributed by atoms with E-state index in [1.165, 1.54) is 0 Å². The van der Waals surface area contributed by atoms with Gasteiger partial charge in [0.1, 0.15) is 0 Å². The number of aromatic amines is 1. The van der Waals surface area contributed by atoms with E-state index in [1.807, 2.05) is 18.2 Å². The number of pyridine rings is 1. The Bertz CT molecular complexity index is 560. The number of H-pyrrole nitrogens is 1. The molecule has 2 aromatic rings. The lowest BCUT2D eigenvalue weighted by atomic mass is 10.2. The molecule has 0 aliphatic rings. The predicted octanol–water partition coefficient (Wildman–Crippen LogP) is 2.10. The zero-order valence-corrected chi connectivity index (χ0v) is 8.67. The first-order valence-electron chi connectivity index (χ1n) is 3.99. The molecule has 0 radical (unpaired) electrons. The Morgan fingerprint density at radius 1 is 1.36 bits per heavy atom. The summed E-state index contributed by atoms with van der Waals surface area (Å²) in [6.07, 6.45) is 0.555. The van der Waals surface area contributed by atoms with Crippen LogP contribution in [-0.4, -0.2) is 11.3 Å². The van der Waals surface area contributed by atoms with Gasteiger partial charge in [0.2, 0.25) is 0 Å². The zero-order chi connectivity index (χ0) is 10.1. The fourth-order valence-corrected chi connectivity index (χ4v) is 1.78. The zero-order valence-electron chi connectivity index (χ0n) is 7.08. The molecule has 1 aromatic carbocycles. The number of hydrogen-bond donors (Lipinski definition) is 1. The summed E-state index contributed by atoms with van der Waals surface area (Å²) in [6, 6.07) is 7.09. The van der Waals surface area contributed by atoms with Crippen LogP contribution in [0.25, 0.3) is 10.9 Å². The molecule has 70 valence electrons. The molecule has 1 aromatic heterocycles. The summed E-state index contributed by atoms with van der Waals surface area (Å²) in [7, 11) is 0. The van der Waals surface area contributed by atoms with Crippen LogP contribution in [0.5, 0.6) is 0 Å². The van der Waals surface area contributed by atoms with Crippen molar-refractivity contribution in [2.75, 3.05) is 0 Å². The van der Waals surface area contributed by atoms with Crippen molar-refractivity contribution in [3.63, 3.8) is 0 Å². The number of benzene rings is 1. The van der Waals surface area contributed by atoms with Crippen molar-refractivity contribution < 1.29 is 4.79 Å². The quantitative estimate of drug-likeness (QED) is 0.790. The predicted molar refractivity (Wildman–Crippen MR) is 57.7 cm³/mol. The highest BCUT2D eigenvalue weighted by atomic mass is 79.9. The number of nitrogens with one attached hydrogen (secondary N) is 1. The number of aldehydes is 1. The van der Waals surface area contributed by atoms with E-state index in [0.29, 0.717) is 11.8 Å². The van der Waals surface area contributed by atoms with Gasteiger partial charge in [0.05, 0.1) is 11.1 Å². The Hall–Kier alpha value is -1.42. The van der Waals surface area contributed by atoms with Gasteiger partial charge in [0.15, 0.2) is 6.29 Å². The summed E-state index contributed by atoms with van der Waals surface area (Å²) >= 11 is 3.32. The minimum atomic E-state index is -0.362. The van der Waals surface area contributed by atoms with E-state index >= 15 is 0 Å². The normalized spacial score (nSPS) is 10.4. The van der Waals surface area contributed by atoms with Crippen LogP contribution in [0.3, 0.4) is 0 Å². The summed E-state index contributed by atoms with van der Waals surface area (Å²) in [5, 5.41) is 0.834. The second kappa shape index (κ2) is 3.38. The van der Waals surface area contributed by atoms with Gasteiger partial charge in [-0.3, -0.25) is 9.59 Å². The summed E-state index contributed by atoms with van der Waals surface area (Å²) in [6.45, 7) is 0. The first-order valence-corrected chi connectivity index (χ1v) is 4.78. The third kappa shape index (κ3) is 1.37. The maximum atomic E-state index is 11.3. The van der Waals surface area contributed by atoms with Crippen molar-refractivity contribution >= 4 is 33.1 Å². The molecule has 14 heavy (non-hydrogen) atoms. The Morgan fingerprint density at radius 2 is 2.14 bits per heavy atom. The number of fused-ring (bicyclic) bond motifs is 1. The van der Waals surface area contributed by atoms with Crippen molar-refractivity contribution in [3.8, 4) is 0 Å². The van der Waals surface area contributed by atoms with Gasteiger partial charge in [-0.1, -0.05) is 12.1 Å². The number of carbonyl (C=O) groups excluding carboxylic acids is 1. The van der Waals surface area contributed by atoms with Gasteiger partial charge in [-0.25, -0.2) is 0 Å². The van der Waals surface area contributed by atoms with E-state index in [9.17, 15) is 9.59 Å². The molecule has 3 nitrogen and oxygen atoms in total. The standard InChI is InChI=1S/C10H6BrNO2/c11-8-3-1-2-6-4-7(5-13)10(14)12-9(6)8/h1-5H,(H,12,14). The number of para-hydroxylation sites is 1. The molecular formula is C10H6BrNO2. The van der Waals surface area contributed by atoms with Crippen molar-refractivity contribution in [1.29, 1.82) is 0 Å². The van der Waals surface area contributed by atoms with E-state index < -0.39 is 0 Å². The Kier molecular flexibility index (Phi) is 2.21. The van der Waals surface area contributed by atoms with Gasteiger partial charge >= 0.3 is 0 Å². The molecule has 4 heteroatoms. The number of hydrogen-bond acceptors (Lipinski definition) is 2. The van der Waals surface area contributed by atoms with Crippen molar-refractivity contribution in [3.05, 3.63) is 44.7 Å². The highest BCUT2D eigenvalue weighted by Gasteiger charge is 2.03. The van der Waals surface area contributed by atoms with E-state index in [4.69, 9.17) is 0 Å². The summed E-state index contributed by atoms with van der Waals surface area (Å²) in [4.78, 5) is 24.5. The fourth-order valence-electron chi connectivity index (χ4n) is 1.30. The van der Waals surface area contributed by atoms with Crippen LogP contribution in [0.15, 0.2) is 33.5 Å². The number of rotatable bonds is 1. The molecular weight excluding hydrogens is 246 g/mol. The third-order valence-corrected chi connectivity index (χ3v) is 2.65. The topological polar surface area (TPSA) is 49.9 Å². The monoisotopic (exact) mass is 251 g/mol. The van der Waals surface area contributed by atoms with Crippen molar-refractivity contribution in [2.24, 2.45) is 0 Å². The lowest BCUT2D eigenvalue weighted by molar-refractivity contribution is 0.112. The van der Waals surface area contributed by atoms with E-state index in [0.717, 1.165) is 9.86 Å². The van der Waals surface area contributed by atoms with Crippen molar-refractivity contribution in [1.82, 2.24) is 4.98 Å². The molecule has 1 N–H and O–H groups in total. The smallest absolute Gasteiger partial charge is 0.259 e. The number of carbonyl (C=O) groups is 1. The minimum absolute atomic E-state index is 0.149. The molecule has 0 fully saturated rings. The third-order valence-electron chi connectivity index (χ3n) is 1.98. The average molecular weight is 252 g/mol. The molecule has 0 amide bonds. The lowest BCUT2D eigenvalue weighted by Crippen LogP contribution is -2.11. The SMILES string of the molecule is O=Cc1cc2cccc(Br)c2[nH]c1=O. The Morgan fingerprint density at radius 3 is 2.86 bits per heavy atom. The molecule has 0 saturated carbocycles. The summed E-state index contributed by atoms with van der Waals surface area (Å²) in [5.41, 5.74) is 0.498. The minimum Gasteiger partial charge on any atom is -0.320 e. The van der Waals surface area contributed by atoms with Gasteiger partial charge in [0, 0.05) is 9.86 Å². The second-order valence-corrected chi connectivity index (χ2v) is 3.73. The maximum Gasteiger partial charge on any atom is 0.259 e. The van der Waals surface area contributed by atoms with Crippen LogP contribution in [0.4, 0.5) is 0 Å². The number of aromatic nitrogens is 1. The largest absolute Gasteiger partial charge is 0.320 e. The van der Waals surface area contributed by atoms with Gasteiger partial charge < -0.3 is 4.98 Å². The van der Waals surface area contributed by atoms with Crippen LogP contribution in [-0.2, 0) is 0 Å². The Labute approximate surface area is 87.9 Å². The second-order valence-electron chi connectivity index (χ2n) is 2.88. The summed E-state index contributed by atoms with van der Waals surface area (Å²) < 4.78 is 0.810. The van der Waals surface area contributed by atoms with E-state index in [2.05, 4.69) is 20.9 Å². The first kappa shape index (κ1) is 9.15. The molecule has 1 heterocycles. The fraction of sp³-hybridized carbons (Fsp3) is 0. The molecule has 0 saturated heterocycles. The van der Waals surface area contributed by atoms with Crippen molar-refractivity contribution in [2.45, 2.75) is 0 Å². The van der Waals surface area contributed by atoms with Gasteiger partial charge in [-0.2, -0.15) is 0 Å². The first-order chi connectivity index (χ1) is 6.72. The highest BCUT2D eigenvalue weighted by Crippen LogP contribution is 2.20. The average Bonchev–Trinajstić information content (AvgIpc) is 2.19. The molecule has 2 rings (SSSR count). The number of halogens is 1. The highest BCUT2D eigenvalue weighted by molar-refractivity contribution is 9.10. The van der Waals surface area contributed by atoms with Crippen LogP contribution in [0, 0.1) is 0 Å². The molecule has 0 atom stereocenters. The van der Waals surface area contributed by atoms with Crippen LogP contribution in [0.2, 0.25) is 0 Å². The maximum absolute atomic E-state index is 11.3. The molecule has 0 unspecified atom stereocenters. The van der Waals surface area contributed by atoms with Crippen LogP contribution < -0.4 is 5.56 Å². The van der Waals surface area contributed by atoms with Crippen LogP contribution >= 0.6 is 15.9 Å². The molecule has 0 spiro atoms. The van der Waals surface area contributed by atoms with Gasteiger partial charge in [-0.15, -0.1) is 0 Å². The van der Waals surface area contributed by atoms with Gasteiger partial charge in [0.25, 0.3) is 5.56 Å². The molecule has 0 aliphatic heterocycles. The molecule has 0 bridgehead atoms. The summed E-state index contributed by atoms with van der Waals surface area (Å²) in [5.74, 6) is 0. The van der Waals surface area contributed by atoms with E-state index in [1.54, 1.807) is 6.07 Å². The molecule has 0 aliphatic carbocycles. The lowest BCUT2D eigenvalue weighted by Gasteiger charge is -2.00. The van der Waals surface area contributed by atoms with Crippen LogP contribution in [0.1, 0.15) is 10.4 Å². The van der Waals surface area contributed by atoms with E-state index in [-0.39, 0.29) is 11.1 Å². The van der Waals surface area contributed by atoms with Gasteiger partial charge in [-0.05, 0) is 28.1 Å². The Balaban J connectivity index is 2.93.